The summed E-state index contributed by atoms with van der Waals surface area (Å²) in [5.41, 5.74) is 2.33. The molecule has 0 fully saturated rings. The second-order valence-electron chi connectivity index (χ2n) is 6.24. The van der Waals surface area contributed by atoms with Crippen LogP contribution in [0.4, 0.5) is 11.4 Å². The van der Waals surface area contributed by atoms with Crippen LogP contribution in [0.15, 0.2) is 47.4 Å². The highest BCUT2D eigenvalue weighted by Crippen LogP contribution is 2.30. The summed E-state index contributed by atoms with van der Waals surface area (Å²) >= 11 is 7.62. The summed E-state index contributed by atoms with van der Waals surface area (Å²) in [6.45, 7) is 5.83. The molecule has 2 aromatic rings. The molecule has 0 spiro atoms. The van der Waals surface area contributed by atoms with Crippen molar-refractivity contribution < 1.29 is 9.59 Å². The first-order chi connectivity index (χ1) is 12.9. The molecule has 27 heavy (non-hydrogen) atoms. The average molecular weight is 405 g/mol. The van der Waals surface area contributed by atoms with Crippen molar-refractivity contribution in [3.8, 4) is 0 Å². The number of thioether (sulfide) groups is 1. The number of hydrogen-bond donors (Lipinski definition) is 2. The second-order valence-corrected chi connectivity index (χ2v) is 7.93. The Hall–Kier alpha value is -1.98. The van der Waals surface area contributed by atoms with E-state index < -0.39 is 0 Å². The molecule has 2 N–H and O–H groups in total. The third-order valence-corrected chi connectivity index (χ3v) is 5.83. The summed E-state index contributed by atoms with van der Waals surface area (Å²) in [6.07, 6.45) is 1.99. The number of benzene rings is 2. The zero-order chi connectivity index (χ0) is 19.8. The molecule has 6 heteroatoms. The van der Waals surface area contributed by atoms with E-state index in [2.05, 4.69) is 10.6 Å². The molecule has 0 aliphatic carbocycles. The van der Waals surface area contributed by atoms with Crippen LogP contribution in [0.25, 0.3) is 0 Å². The fraction of sp³-hybridized carbons (Fsp3) is 0.333. The predicted octanol–water partition coefficient (Wildman–Crippen LogP) is 5.90. The molecule has 0 radical (unpaired) electrons. The zero-order valence-electron chi connectivity index (χ0n) is 15.8. The number of amides is 2. The van der Waals surface area contributed by atoms with Gasteiger partial charge in [-0.3, -0.25) is 9.59 Å². The molecular formula is C21H25ClN2O2S. The monoisotopic (exact) mass is 404 g/mol. The predicted molar refractivity (Wildman–Crippen MR) is 115 cm³/mol. The molecule has 0 saturated heterocycles. The minimum Gasteiger partial charge on any atom is -0.326 e. The highest BCUT2D eigenvalue weighted by atomic mass is 35.5. The van der Waals surface area contributed by atoms with E-state index >= 15 is 0 Å². The van der Waals surface area contributed by atoms with Crippen molar-refractivity contribution in [1.29, 1.82) is 0 Å². The molecule has 0 heterocycles. The Balaban J connectivity index is 2.06. The summed E-state index contributed by atoms with van der Waals surface area (Å²) in [7, 11) is 0. The van der Waals surface area contributed by atoms with E-state index in [1.807, 2.05) is 57.2 Å². The van der Waals surface area contributed by atoms with Gasteiger partial charge in [-0.2, -0.15) is 0 Å². The van der Waals surface area contributed by atoms with Gasteiger partial charge in [-0.15, -0.1) is 11.8 Å². The van der Waals surface area contributed by atoms with Gasteiger partial charge in [0.1, 0.15) is 0 Å². The lowest BCUT2D eigenvalue weighted by Gasteiger charge is -2.17. The van der Waals surface area contributed by atoms with Crippen molar-refractivity contribution >= 4 is 46.6 Å². The van der Waals surface area contributed by atoms with Gasteiger partial charge in [0, 0.05) is 27.7 Å². The van der Waals surface area contributed by atoms with E-state index in [4.69, 9.17) is 11.6 Å². The molecule has 2 aromatic carbocycles. The molecule has 1 unspecified atom stereocenters. The average Bonchev–Trinajstić information content (AvgIpc) is 2.64. The number of nitrogens with one attached hydrogen (secondary N) is 2. The van der Waals surface area contributed by atoms with Crippen LogP contribution in [-0.2, 0) is 9.59 Å². The first-order valence-corrected chi connectivity index (χ1v) is 10.3. The maximum absolute atomic E-state index is 12.7. The topological polar surface area (TPSA) is 58.2 Å². The van der Waals surface area contributed by atoms with Crippen molar-refractivity contribution in [2.24, 2.45) is 0 Å². The van der Waals surface area contributed by atoms with Crippen LogP contribution in [0, 0.1) is 6.92 Å². The van der Waals surface area contributed by atoms with Crippen LogP contribution in [0.5, 0.6) is 0 Å². The maximum Gasteiger partial charge on any atom is 0.237 e. The Morgan fingerprint density at radius 3 is 2.56 bits per heavy atom. The molecule has 0 bridgehead atoms. The normalized spacial score (nSPS) is 11.7. The fourth-order valence-corrected chi connectivity index (χ4v) is 3.73. The van der Waals surface area contributed by atoms with Crippen molar-refractivity contribution in [2.45, 2.75) is 50.2 Å². The highest BCUT2D eigenvalue weighted by Gasteiger charge is 2.19. The summed E-state index contributed by atoms with van der Waals surface area (Å²) < 4.78 is 0. The van der Waals surface area contributed by atoms with Gasteiger partial charge in [-0.1, -0.05) is 37.6 Å². The van der Waals surface area contributed by atoms with Gasteiger partial charge < -0.3 is 10.6 Å². The van der Waals surface area contributed by atoms with Gasteiger partial charge >= 0.3 is 0 Å². The van der Waals surface area contributed by atoms with Crippen molar-refractivity contribution in [1.82, 2.24) is 0 Å². The molecule has 1 atom stereocenters. The number of carbonyl (C=O) groups is 2. The third-order valence-electron chi connectivity index (χ3n) is 4.06. The van der Waals surface area contributed by atoms with E-state index in [9.17, 15) is 9.59 Å². The second kappa shape index (κ2) is 10.4. The Morgan fingerprint density at radius 2 is 1.85 bits per heavy atom. The summed E-state index contributed by atoms with van der Waals surface area (Å²) in [5.74, 6) is -0.0610. The fourth-order valence-electron chi connectivity index (χ4n) is 2.54. The molecule has 0 aliphatic rings. The molecule has 0 aromatic heterocycles. The van der Waals surface area contributed by atoms with Gasteiger partial charge in [-0.25, -0.2) is 0 Å². The van der Waals surface area contributed by atoms with E-state index in [0.717, 1.165) is 28.3 Å². The van der Waals surface area contributed by atoms with Crippen molar-refractivity contribution in [3.63, 3.8) is 0 Å². The van der Waals surface area contributed by atoms with Crippen LogP contribution in [0.2, 0.25) is 5.02 Å². The number of halogens is 1. The standard InChI is InChI=1S/C21H25ClN2O2S/c1-4-8-20(25)23-15-9-6-10-16(13-15)27-19(5-2)21(26)24-18-12-7-11-17(22)14(18)3/h6-7,9-13,19H,4-5,8H2,1-3H3,(H,23,25)(H,24,26). The quantitative estimate of drug-likeness (QED) is 0.538. The third kappa shape index (κ3) is 6.29. The lowest BCUT2D eigenvalue weighted by Crippen LogP contribution is -2.25. The maximum atomic E-state index is 12.7. The molecule has 144 valence electrons. The lowest BCUT2D eigenvalue weighted by atomic mass is 10.2. The van der Waals surface area contributed by atoms with Gasteiger partial charge in [0.25, 0.3) is 0 Å². The number of carbonyl (C=O) groups excluding carboxylic acids is 2. The highest BCUT2D eigenvalue weighted by molar-refractivity contribution is 8.00. The number of anilines is 2. The van der Waals surface area contributed by atoms with Gasteiger partial charge in [-0.05, 0) is 55.7 Å². The molecular weight excluding hydrogens is 380 g/mol. The van der Waals surface area contributed by atoms with Gasteiger partial charge in [0.2, 0.25) is 11.8 Å². The zero-order valence-corrected chi connectivity index (χ0v) is 17.4. The molecule has 2 rings (SSSR count). The largest absolute Gasteiger partial charge is 0.326 e. The summed E-state index contributed by atoms with van der Waals surface area (Å²) in [4.78, 5) is 25.4. The molecule has 4 nitrogen and oxygen atoms in total. The number of rotatable bonds is 8. The molecule has 2 amide bonds. The Kier molecular flexibility index (Phi) is 8.20. The van der Waals surface area contributed by atoms with E-state index in [-0.39, 0.29) is 17.1 Å². The first-order valence-electron chi connectivity index (χ1n) is 9.07. The smallest absolute Gasteiger partial charge is 0.237 e. The van der Waals surface area contributed by atoms with Crippen LogP contribution < -0.4 is 10.6 Å². The Labute approximate surface area is 170 Å². The first kappa shape index (κ1) is 21.3. The van der Waals surface area contributed by atoms with Crippen molar-refractivity contribution in [3.05, 3.63) is 53.1 Å². The van der Waals surface area contributed by atoms with Crippen LogP contribution in [0.3, 0.4) is 0 Å². The van der Waals surface area contributed by atoms with Crippen LogP contribution >= 0.6 is 23.4 Å². The van der Waals surface area contributed by atoms with Crippen LogP contribution in [-0.4, -0.2) is 17.1 Å². The molecule has 0 saturated carbocycles. The van der Waals surface area contributed by atoms with Crippen molar-refractivity contribution in [2.75, 3.05) is 10.6 Å². The Bertz CT molecular complexity index is 811. The van der Waals surface area contributed by atoms with Gasteiger partial charge in [0.15, 0.2) is 0 Å². The van der Waals surface area contributed by atoms with Crippen LogP contribution in [0.1, 0.15) is 38.7 Å². The van der Waals surface area contributed by atoms with E-state index in [1.165, 1.54) is 11.8 Å². The summed E-state index contributed by atoms with van der Waals surface area (Å²) in [5, 5.41) is 6.25. The number of hydrogen-bond acceptors (Lipinski definition) is 3. The lowest BCUT2D eigenvalue weighted by molar-refractivity contribution is -0.116. The SMILES string of the molecule is CCCC(=O)Nc1cccc(SC(CC)C(=O)Nc2cccc(Cl)c2C)c1. The minimum atomic E-state index is -0.245. The molecule has 0 aliphatic heterocycles. The van der Waals surface area contributed by atoms with E-state index in [1.54, 1.807) is 6.07 Å². The van der Waals surface area contributed by atoms with Gasteiger partial charge in [0.05, 0.1) is 5.25 Å². The Morgan fingerprint density at radius 1 is 1.11 bits per heavy atom. The minimum absolute atomic E-state index is 0.000802. The van der Waals surface area contributed by atoms with E-state index in [0.29, 0.717) is 17.9 Å². The summed E-state index contributed by atoms with van der Waals surface area (Å²) in [6, 6.07) is 13.1.